The summed E-state index contributed by atoms with van der Waals surface area (Å²) in [4.78, 5) is 0. The Balaban J connectivity index is 0. The Morgan fingerprint density at radius 3 is 1.00 bits per heavy atom. The Hall–Kier alpha value is 1.93. The average molecular weight is 130 g/mol. The van der Waals surface area contributed by atoms with Crippen LogP contribution in [0.1, 0.15) is 0 Å². The molecule has 0 aliphatic carbocycles. The molecule has 0 saturated heterocycles. The normalized spacial score (nSPS) is 0. The van der Waals surface area contributed by atoms with Gasteiger partial charge in [0.25, 0.3) is 0 Å². The molecule has 0 saturated carbocycles. The molecule has 0 amide bonds. The van der Waals surface area contributed by atoms with Crippen LogP contribution < -0.4 is 0 Å². The average Bonchev–Trinajstić information content (AvgIpc) is 0. The Kier molecular flexibility index (Phi) is 507. The molecule has 5 heavy (non-hydrogen) atoms. The van der Waals surface area contributed by atoms with Gasteiger partial charge in [-0.3, -0.25) is 0 Å². The molecule has 0 rings (SSSR count). The van der Waals surface area contributed by atoms with Gasteiger partial charge in [0.05, 0.1) is 0 Å². The van der Waals surface area contributed by atoms with E-state index in [0.29, 0.717) is 0 Å². The van der Waals surface area contributed by atoms with Crippen LogP contribution in [0.15, 0.2) is 0 Å². The molecule has 9 radical (unpaired) electrons. The van der Waals surface area contributed by atoms with E-state index in [1.165, 1.54) is 0 Å². The quantitative estimate of drug-likeness (QED) is 0.345. The van der Waals surface area contributed by atoms with E-state index in [1.807, 2.05) is 0 Å². The summed E-state index contributed by atoms with van der Waals surface area (Å²) in [5.41, 5.74) is 0. The van der Waals surface area contributed by atoms with Crippen molar-refractivity contribution in [2.75, 3.05) is 0 Å². The van der Waals surface area contributed by atoms with Crippen LogP contribution in [-0.4, -0.2) is 77.0 Å². The molecule has 0 heterocycles. The third kappa shape index (κ3) is 24.6. The van der Waals surface area contributed by atoms with Crippen molar-refractivity contribution in [3.63, 3.8) is 0 Å². The maximum absolute atomic E-state index is 0. The van der Waals surface area contributed by atoms with E-state index >= 15 is 0 Å². The first-order valence-electron chi connectivity index (χ1n) is 0. The minimum atomic E-state index is 0. The fourth-order valence-electron chi connectivity index (χ4n) is 0. The molecule has 2 nitrogen and oxygen atoms in total. The van der Waals surface area contributed by atoms with Crippen molar-refractivity contribution >= 4 is 66.1 Å². The molecule has 0 aromatic carbocycles. The standard InChI is InChI=1S/Al.Ca.2H2O.Si/h;;2*1H2;/p-1. The van der Waals surface area contributed by atoms with Crippen molar-refractivity contribution in [2.24, 2.45) is 0 Å². The van der Waals surface area contributed by atoms with Gasteiger partial charge in [-0.1, -0.05) is 0 Å². The molecule has 0 fully saturated rings. The zero-order valence-electron chi connectivity index (χ0n) is 2.73. The SMILES string of the molecule is O.[Al].[Ca].[OH-].[Si]. The van der Waals surface area contributed by atoms with Gasteiger partial charge in [0.1, 0.15) is 0 Å². The molecule has 0 aromatic heterocycles. The molecule has 0 atom stereocenters. The Bertz CT molecular complexity index is 9.61. The van der Waals surface area contributed by atoms with Gasteiger partial charge in [-0.05, 0) is 0 Å². The Labute approximate surface area is 76.1 Å². The second kappa shape index (κ2) is 38.7. The van der Waals surface area contributed by atoms with Crippen molar-refractivity contribution in [2.45, 2.75) is 0 Å². The first-order valence-corrected chi connectivity index (χ1v) is 0. The van der Waals surface area contributed by atoms with E-state index in [9.17, 15) is 0 Å². The zero-order valence-corrected chi connectivity index (χ0v) is 7.09. The van der Waals surface area contributed by atoms with Crippen LogP contribution in [0.2, 0.25) is 0 Å². The van der Waals surface area contributed by atoms with Gasteiger partial charge in [0.2, 0.25) is 0 Å². The van der Waals surface area contributed by atoms with E-state index < -0.39 is 0 Å². The molecular formula is H3AlCaO2Si-. The third-order valence-corrected chi connectivity index (χ3v) is 0. The van der Waals surface area contributed by atoms with Crippen LogP contribution in [0.5, 0.6) is 0 Å². The fourth-order valence-corrected chi connectivity index (χ4v) is 0. The summed E-state index contributed by atoms with van der Waals surface area (Å²) >= 11 is 0. The molecule has 3 N–H and O–H groups in total. The molecule has 25 valence electrons. The molecule has 0 aliphatic rings. The largest absolute Gasteiger partial charge is 0.870 e. The van der Waals surface area contributed by atoms with Gasteiger partial charge < -0.3 is 11.0 Å². The van der Waals surface area contributed by atoms with Crippen molar-refractivity contribution < 1.29 is 11.0 Å². The summed E-state index contributed by atoms with van der Waals surface area (Å²) in [5, 5.41) is 0. The maximum atomic E-state index is 0. The zero-order chi connectivity index (χ0) is 0. The topological polar surface area (TPSA) is 61.5 Å². The van der Waals surface area contributed by atoms with Gasteiger partial charge in [0.15, 0.2) is 0 Å². The molecule has 0 spiro atoms. The van der Waals surface area contributed by atoms with Gasteiger partial charge in [-0.2, -0.15) is 0 Å². The second-order valence-electron chi connectivity index (χ2n) is 0. The first kappa shape index (κ1) is 65.5. The van der Waals surface area contributed by atoms with Crippen LogP contribution in [0.25, 0.3) is 0 Å². The van der Waals surface area contributed by atoms with Gasteiger partial charge >= 0.3 is 0 Å². The minimum Gasteiger partial charge on any atom is -0.870 e. The van der Waals surface area contributed by atoms with E-state index in [0.717, 1.165) is 0 Å². The van der Waals surface area contributed by atoms with E-state index in [1.54, 1.807) is 0 Å². The summed E-state index contributed by atoms with van der Waals surface area (Å²) in [6.07, 6.45) is 0. The van der Waals surface area contributed by atoms with E-state index in [2.05, 4.69) is 0 Å². The monoisotopic (exact) mass is 130 g/mol. The second-order valence-corrected chi connectivity index (χ2v) is 0. The van der Waals surface area contributed by atoms with Gasteiger partial charge in [-0.25, -0.2) is 0 Å². The van der Waals surface area contributed by atoms with Crippen LogP contribution in [0.4, 0.5) is 0 Å². The minimum absolute atomic E-state index is 0. The Morgan fingerprint density at radius 1 is 1.00 bits per heavy atom. The summed E-state index contributed by atoms with van der Waals surface area (Å²) in [6, 6.07) is 0. The van der Waals surface area contributed by atoms with Gasteiger partial charge in [0, 0.05) is 66.1 Å². The summed E-state index contributed by atoms with van der Waals surface area (Å²) in [5.74, 6) is 0. The number of hydrogen-bond acceptors (Lipinski definition) is 1. The third-order valence-electron chi connectivity index (χ3n) is 0. The van der Waals surface area contributed by atoms with Crippen molar-refractivity contribution in [1.82, 2.24) is 0 Å². The van der Waals surface area contributed by atoms with Crippen molar-refractivity contribution in [1.29, 1.82) is 0 Å². The smallest absolute Gasteiger partial charge is 0 e. The fraction of sp³-hybridized carbons (Fsp3) is 0. The molecule has 0 unspecified atom stereocenters. The molecular weight excluding hydrogens is 127 g/mol. The predicted molar refractivity (Wildman–Crippen MR) is 22.8 cm³/mol. The molecule has 5 heteroatoms. The molecule has 0 aromatic rings. The summed E-state index contributed by atoms with van der Waals surface area (Å²) < 4.78 is 0. The van der Waals surface area contributed by atoms with Gasteiger partial charge in [-0.15, -0.1) is 0 Å². The molecule has 0 bridgehead atoms. The number of hydrogen-bond donors (Lipinski definition) is 0. The Morgan fingerprint density at radius 2 is 1.00 bits per heavy atom. The summed E-state index contributed by atoms with van der Waals surface area (Å²) in [6.45, 7) is 0. The van der Waals surface area contributed by atoms with E-state index in [-0.39, 0.29) is 77.0 Å². The predicted octanol–water partition coefficient (Wildman–Crippen LogP) is -2.14. The van der Waals surface area contributed by atoms with Crippen molar-refractivity contribution in [3.05, 3.63) is 0 Å². The van der Waals surface area contributed by atoms with Crippen LogP contribution in [0.3, 0.4) is 0 Å². The van der Waals surface area contributed by atoms with E-state index in [4.69, 9.17) is 0 Å². The van der Waals surface area contributed by atoms with Crippen LogP contribution >= 0.6 is 0 Å². The summed E-state index contributed by atoms with van der Waals surface area (Å²) in [7, 11) is 0. The number of rotatable bonds is 0. The first-order chi connectivity index (χ1) is 0. The van der Waals surface area contributed by atoms with Crippen LogP contribution in [-0.2, 0) is 0 Å². The van der Waals surface area contributed by atoms with Crippen LogP contribution in [0, 0.1) is 0 Å². The van der Waals surface area contributed by atoms with Crippen molar-refractivity contribution in [3.8, 4) is 0 Å². The molecule has 0 aliphatic heterocycles. The maximum Gasteiger partial charge on any atom is 0 e.